The van der Waals surface area contributed by atoms with Crippen LogP contribution >= 0.6 is 11.3 Å². The zero-order valence-corrected chi connectivity index (χ0v) is 27.2. The second-order valence-electron chi connectivity index (χ2n) is 11.1. The molecule has 0 spiro atoms. The molecule has 2 heterocycles. The Labute approximate surface area is 269 Å². The minimum Gasteiger partial charge on any atom is -0.489 e. The number of nitrogens with zero attached hydrogens (tertiary/aromatic N) is 1. The zero-order chi connectivity index (χ0) is 33.6. The largest absolute Gasteiger partial charge is 0.489 e. The number of hydrogen-bond donors (Lipinski definition) is 4. The van der Waals surface area contributed by atoms with Gasteiger partial charge in [0.1, 0.15) is 23.1 Å². The fourth-order valence-electron chi connectivity index (χ4n) is 5.20. The number of fused-ring (bicyclic) bond motifs is 1. The summed E-state index contributed by atoms with van der Waals surface area (Å²) >= 11 is 1.17. The second kappa shape index (κ2) is 14.9. The number of nitrogens with one attached hydrogen (secondary N) is 3. The number of sulfonamides is 1. The molecule has 46 heavy (non-hydrogen) atoms. The van der Waals surface area contributed by atoms with Gasteiger partial charge in [0, 0.05) is 44.2 Å². The van der Waals surface area contributed by atoms with Crippen LogP contribution in [-0.4, -0.2) is 75.4 Å². The number of amides is 1. The van der Waals surface area contributed by atoms with Crippen LogP contribution < -0.4 is 20.1 Å². The van der Waals surface area contributed by atoms with Crippen LogP contribution in [0, 0.1) is 17.7 Å². The third-order valence-electron chi connectivity index (χ3n) is 7.33. The van der Waals surface area contributed by atoms with E-state index < -0.39 is 45.8 Å². The molecule has 1 aromatic heterocycles. The molecule has 0 unspecified atom stereocenters. The number of aliphatic hydroxyl groups excluding tert-OH is 1. The van der Waals surface area contributed by atoms with Crippen LogP contribution in [-0.2, 0) is 21.2 Å². The fourth-order valence-corrected chi connectivity index (χ4v) is 7.44. The summed E-state index contributed by atoms with van der Waals surface area (Å²) in [7, 11) is -4.54. The lowest BCUT2D eigenvalue weighted by Gasteiger charge is -2.35. The lowest BCUT2D eigenvalue weighted by Crippen LogP contribution is -2.42. The Hall–Kier alpha value is -3.58. The molecule has 9 nitrogen and oxygen atoms in total. The Morgan fingerprint density at radius 3 is 2.54 bits per heavy atom. The number of thiophene rings is 1. The van der Waals surface area contributed by atoms with Gasteiger partial charge in [-0.25, -0.2) is 17.5 Å². The van der Waals surface area contributed by atoms with Gasteiger partial charge in [-0.3, -0.25) is 4.79 Å². The fraction of sp³-hybridized carbons (Fsp3) is 0.452. The van der Waals surface area contributed by atoms with Crippen LogP contribution in [0.4, 0.5) is 28.9 Å². The lowest BCUT2D eigenvalue weighted by molar-refractivity contribution is -0.127. The number of rotatable bonds is 11. The van der Waals surface area contributed by atoms with Gasteiger partial charge in [-0.1, -0.05) is 24.0 Å². The quantitative estimate of drug-likeness (QED) is 0.163. The van der Waals surface area contributed by atoms with Gasteiger partial charge in [0.2, 0.25) is 5.91 Å². The molecule has 0 bridgehead atoms. The molecule has 250 valence electrons. The first-order valence-corrected chi connectivity index (χ1v) is 16.9. The number of carbonyl (C=O) groups excluding carboxylic acids is 1. The summed E-state index contributed by atoms with van der Waals surface area (Å²) in [6, 6.07) is 7.59. The summed E-state index contributed by atoms with van der Waals surface area (Å²) < 4.78 is 88.4. The van der Waals surface area contributed by atoms with Gasteiger partial charge >= 0.3 is 6.18 Å². The highest BCUT2D eigenvalue weighted by Crippen LogP contribution is 2.39. The number of ether oxygens (including phenoxy) is 1. The highest BCUT2D eigenvalue weighted by Gasteiger charge is 2.31. The van der Waals surface area contributed by atoms with Crippen molar-refractivity contribution in [1.82, 2.24) is 9.62 Å². The van der Waals surface area contributed by atoms with E-state index in [1.165, 1.54) is 11.3 Å². The van der Waals surface area contributed by atoms with Crippen molar-refractivity contribution >= 4 is 48.7 Å². The molecular weight excluding hydrogens is 648 g/mol. The van der Waals surface area contributed by atoms with Crippen molar-refractivity contribution in [3.63, 3.8) is 0 Å². The molecule has 1 aliphatic heterocycles. The molecule has 1 amide bonds. The Morgan fingerprint density at radius 1 is 1.20 bits per heavy atom. The molecule has 2 aromatic carbocycles. The molecule has 1 aliphatic rings. The van der Waals surface area contributed by atoms with E-state index in [4.69, 9.17) is 9.84 Å². The first-order chi connectivity index (χ1) is 21.7. The van der Waals surface area contributed by atoms with Crippen molar-refractivity contribution in [3.8, 4) is 17.6 Å². The van der Waals surface area contributed by atoms with Crippen LogP contribution in [0.5, 0.6) is 5.75 Å². The first kappa shape index (κ1) is 35.3. The minimum absolute atomic E-state index is 0.0103. The van der Waals surface area contributed by atoms with Crippen molar-refractivity contribution in [2.24, 2.45) is 0 Å². The first-order valence-electron chi connectivity index (χ1n) is 14.6. The van der Waals surface area contributed by atoms with Crippen LogP contribution in [0.1, 0.15) is 44.1 Å². The van der Waals surface area contributed by atoms with Gasteiger partial charge in [0.15, 0.2) is 0 Å². The number of piperidine rings is 1. The predicted molar refractivity (Wildman–Crippen MR) is 170 cm³/mol. The van der Waals surface area contributed by atoms with E-state index in [9.17, 15) is 30.8 Å². The van der Waals surface area contributed by atoms with Crippen LogP contribution in [0.3, 0.4) is 0 Å². The molecule has 0 saturated carbocycles. The molecule has 4 N–H and O–H groups in total. The van der Waals surface area contributed by atoms with E-state index in [2.05, 4.69) is 41.2 Å². The Balaban J connectivity index is 1.60. The number of carbonyl (C=O) groups is 1. The zero-order valence-electron chi connectivity index (χ0n) is 25.6. The standard InChI is InChI=1S/C31H36F4N4O5S2/c1-19(2)39-12-9-21(10-13-39)37-25-7-4-6-22-23(18-31(33,34)35)28(45-30(22)25)8-5-11-36-26-16-24(32)29(17-27(26)44-15-14-40)46(42,43)38-20(3)41/h4,6-7,16-17,19,21,36-37,40H,9-15,18H2,1-3H3,(H,38,41). The molecule has 1 saturated heterocycles. The van der Waals surface area contributed by atoms with Gasteiger partial charge in [-0.2, -0.15) is 13.2 Å². The van der Waals surface area contributed by atoms with Gasteiger partial charge in [0.25, 0.3) is 10.0 Å². The lowest BCUT2D eigenvalue weighted by atomic mass is 10.0. The molecule has 4 rings (SSSR count). The maximum Gasteiger partial charge on any atom is 0.393 e. The average Bonchev–Trinajstić information content (AvgIpc) is 3.30. The van der Waals surface area contributed by atoms with Crippen molar-refractivity contribution in [2.45, 2.75) is 63.2 Å². The summed E-state index contributed by atoms with van der Waals surface area (Å²) in [4.78, 5) is 13.1. The number of likely N-dealkylation sites (tertiary alicyclic amines) is 1. The smallest absolute Gasteiger partial charge is 0.393 e. The number of alkyl halides is 3. The van der Waals surface area contributed by atoms with Crippen LogP contribution in [0.15, 0.2) is 35.2 Å². The van der Waals surface area contributed by atoms with E-state index in [0.717, 1.165) is 50.7 Å². The van der Waals surface area contributed by atoms with Gasteiger partial charge in [0.05, 0.1) is 40.5 Å². The highest BCUT2D eigenvalue weighted by atomic mass is 32.2. The normalized spacial score (nSPS) is 14.6. The van der Waals surface area contributed by atoms with Gasteiger partial charge in [-0.05, 0) is 43.7 Å². The van der Waals surface area contributed by atoms with E-state index in [1.54, 1.807) is 16.9 Å². The minimum atomic E-state index is -4.54. The SMILES string of the molecule is CC(=O)NS(=O)(=O)c1cc(OCCO)c(NCC#Cc2sc3c(NC4CCN(C(C)C)CC4)cccc3c2CC(F)(F)F)cc1F. The Bertz CT molecular complexity index is 1720. The summed E-state index contributed by atoms with van der Waals surface area (Å²) in [5.74, 6) is 3.36. The third-order valence-corrected chi connectivity index (χ3v) is 9.98. The van der Waals surface area contributed by atoms with Crippen molar-refractivity contribution in [2.75, 3.05) is 43.5 Å². The van der Waals surface area contributed by atoms with Gasteiger partial charge in [-0.15, -0.1) is 11.3 Å². The number of halogens is 4. The number of hydrogen-bond acceptors (Lipinski definition) is 9. The molecule has 0 aliphatic carbocycles. The van der Waals surface area contributed by atoms with Crippen LogP contribution in [0.2, 0.25) is 0 Å². The number of benzene rings is 2. The van der Waals surface area contributed by atoms with Crippen molar-refractivity contribution in [3.05, 3.63) is 46.6 Å². The highest BCUT2D eigenvalue weighted by molar-refractivity contribution is 7.90. The Morgan fingerprint density at radius 2 is 1.91 bits per heavy atom. The third kappa shape index (κ3) is 9.03. The van der Waals surface area contributed by atoms with Crippen molar-refractivity contribution < 1.29 is 40.6 Å². The van der Waals surface area contributed by atoms with E-state index >= 15 is 0 Å². The van der Waals surface area contributed by atoms with E-state index in [-0.39, 0.29) is 41.1 Å². The number of anilines is 2. The molecule has 0 atom stereocenters. The van der Waals surface area contributed by atoms with E-state index in [1.807, 2.05) is 6.07 Å². The van der Waals surface area contributed by atoms with Gasteiger partial charge < -0.3 is 25.4 Å². The molecule has 0 radical (unpaired) electrons. The van der Waals surface area contributed by atoms with Crippen LogP contribution in [0.25, 0.3) is 10.1 Å². The second-order valence-corrected chi connectivity index (χ2v) is 13.8. The topological polar surface area (TPSA) is 120 Å². The maximum absolute atomic E-state index is 14.8. The molecule has 3 aromatic rings. The van der Waals surface area contributed by atoms with Crippen molar-refractivity contribution in [1.29, 1.82) is 0 Å². The average molecular weight is 685 g/mol. The molecular formula is C31H36F4N4O5S2. The summed E-state index contributed by atoms with van der Waals surface area (Å²) in [5, 5.41) is 16.0. The monoisotopic (exact) mass is 684 g/mol. The van der Waals surface area contributed by atoms with E-state index in [0.29, 0.717) is 16.1 Å². The Kier molecular flexibility index (Phi) is 11.4. The molecule has 1 fully saturated rings. The summed E-state index contributed by atoms with van der Waals surface area (Å²) in [6.45, 7) is 6.30. The molecule has 15 heteroatoms. The predicted octanol–water partition coefficient (Wildman–Crippen LogP) is 5.09. The number of aliphatic hydroxyl groups is 1. The maximum atomic E-state index is 14.8. The summed E-state index contributed by atoms with van der Waals surface area (Å²) in [5.41, 5.74) is 0.822. The summed E-state index contributed by atoms with van der Waals surface area (Å²) in [6.07, 6.45) is -3.79.